The number of aliphatic hydroxyl groups excluding tert-OH is 2. The molecule has 0 unspecified atom stereocenters. The zero-order chi connectivity index (χ0) is 23.7. The van der Waals surface area contributed by atoms with Crippen LogP contribution in [0.3, 0.4) is 0 Å². The lowest BCUT2D eigenvalue weighted by molar-refractivity contribution is -0.148. The molecule has 2 rings (SSSR count). The second kappa shape index (κ2) is 9.63. The summed E-state index contributed by atoms with van der Waals surface area (Å²) in [4.78, 5) is 53.5. The summed E-state index contributed by atoms with van der Waals surface area (Å²) < 4.78 is 0. The zero-order valence-corrected chi connectivity index (χ0v) is 19.6. The van der Waals surface area contributed by atoms with Gasteiger partial charge in [0.1, 0.15) is 24.2 Å². The minimum atomic E-state index is -1.90. The summed E-state index contributed by atoms with van der Waals surface area (Å²) in [6, 6.07) is -3.41. The molecule has 0 saturated carbocycles. The number of carbonyl (C=O) groups excluding carboxylic acids is 4. The van der Waals surface area contributed by atoms with Crippen LogP contribution in [0.25, 0.3) is 0 Å². The molecule has 0 bridgehead atoms. The fourth-order valence-electron chi connectivity index (χ4n) is 4.29. The van der Waals surface area contributed by atoms with Gasteiger partial charge in [0.2, 0.25) is 23.6 Å². The van der Waals surface area contributed by atoms with Crippen LogP contribution in [0.4, 0.5) is 0 Å². The molecule has 7 N–H and O–H groups in total. The lowest BCUT2D eigenvalue weighted by Gasteiger charge is -2.33. The Morgan fingerprint density at radius 2 is 1.68 bits per heavy atom. The Bertz CT molecular complexity index is 731. The van der Waals surface area contributed by atoms with Crippen LogP contribution in [0, 0.1) is 0 Å². The first kappa shape index (κ1) is 25.2. The average Bonchev–Trinajstić information content (AvgIpc) is 3.27. The van der Waals surface area contributed by atoms with Crippen LogP contribution in [-0.2, 0) is 19.2 Å². The fourth-order valence-corrected chi connectivity index (χ4v) is 7.16. The number of likely N-dealkylation sites (tertiary alicyclic amines) is 1. The number of rotatable bonds is 7. The van der Waals surface area contributed by atoms with Crippen molar-refractivity contribution in [3.8, 4) is 0 Å². The van der Waals surface area contributed by atoms with Gasteiger partial charge in [-0.15, -0.1) is 0 Å². The van der Waals surface area contributed by atoms with Crippen molar-refractivity contribution < 1.29 is 29.4 Å². The second-order valence-electron chi connectivity index (χ2n) is 9.44. The largest absolute Gasteiger partial charge is 0.391 e. The lowest BCUT2D eigenvalue weighted by Crippen LogP contribution is -2.58. The molecule has 0 aromatic rings. The van der Waals surface area contributed by atoms with E-state index in [4.69, 9.17) is 11.5 Å². The van der Waals surface area contributed by atoms with Crippen molar-refractivity contribution in [3.05, 3.63) is 0 Å². The lowest BCUT2D eigenvalue weighted by atomic mass is 10.1. The van der Waals surface area contributed by atoms with Crippen molar-refractivity contribution in [2.24, 2.45) is 11.5 Å². The number of nitrogens with two attached hydrogens (primary N) is 2. The highest BCUT2D eigenvalue weighted by Gasteiger charge is 2.49. The molecule has 4 amide bonds. The molecule has 2 saturated heterocycles. The second-order valence-corrected chi connectivity index (χ2v) is 14.5. The molecular formula is C19H35N5O6Si. The molecule has 0 aromatic carbocycles. The van der Waals surface area contributed by atoms with Crippen molar-refractivity contribution in [1.29, 1.82) is 0 Å². The van der Waals surface area contributed by atoms with E-state index in [9.17, 15) is 29.4 Å². The van der Waals surface area contributed by atoms with E-state index in [1.807, 2.05) is 0 Å². The van der Waals surface area contributed by atoms with E-state index >= 15 is 0 Å². The topological polar surface area (TPSA) is 179 Å². The first-order valence-corrected chi connectivity index (χ1v) is 14.0. The molecule has 2 fully saturated rings. The van der Waals surface area contributed by atoms with E-state index in [1.165, 1.54) is 23.6 Å². The summed E-state index contributed by atoms with van der Waals surface area (Å²) in [5.74, 6) is -2.25. The number of hydrogen-bond donors (Lipinski definition) is 5. The van der Waals surface area contributed by atoms with Crippen molar-refractivity contribution in [1.82, 2.24) is 15.1 Å². The van der Waals surface area contributed by atoms with Gasteiger partial charge in [0.25, 0.3) is 0 Å². The van der Waals surface area contributed by atoms with Gasteiger partial charge >= 0.3 is 0 Å². The molecule has 0 aromatic heterocycles. The minimum absolute atomic E-state index is 0.338. The van der Waals surface area contributed by atoms with Gasteiger partial charge in [-0.05, 0) is 32.7 Å². The standard InChI is InChI=1S/C19H35N5O6Si/c1-10(25)14(20)19(30)24-9-31(3,4)8-13(24)18(29)23-7-5-6-12(23)17(28)22-15(11(2)26)16(21)27/h10-15,25-26H,5-9,20H2,1-4H3,(H2,21,27)(H,22,28)/t10-,11+,12-,13-,14+,15-/m1/s1. The highest BCUT2D eigenvalue weighted by Crippen LogP contribution is 2.31. The molecule has 12 heteroatoms. The molecule has 6 atom stereocenters. The normalized spacial score (nSPS) is 26.8. The van der Waals surface area contributed by atoms with Gasteiger partial charge in [-0.3, -0.25) is 19.2 Å². The number of carbonyl (C=O) groups is 4. The third-order valence-electron chi connectivity index (χ3n) is 6.02. The smallest absolute Gasteiger partial charge is 0.245 e. The summed E-state index contributed by atoms with van der Waals surface area (Å²) in [6.07, 6.45) is -0.792. The average molecular weight is 458 g/mol. The Balaban J connectivity index is 2.21. The molecule has 2 heterocycles. The number of primary amides is 1. The Morgan fingerprint density at radius 1 is 1.06 bits per heavy atom. The summed E-state index contributed by atoms with van der Waals surface area (Å²) in [5.41, 5.74) is 11.1. The molecule has 11 nitrogen and oxygen atoms in total. The van der Waals surface area contributed by atoms with E-state index < -0.39 is 62.2 Å². The Kier molecular flexibility index (Phi) is 7.84. The summed E-state index contributed by atoms with van der Waals surface area (Å²) in [5, 5.41) is 21.9. The van der Waals surface area contributed by atoms with Crippen molar-refractivity contribution in [2.75, 3.05) is 12.7 Å². The van der Waals surface area contributed by atoms with Crippen LogP contribution in [-0.4, -0.2) is 101 Å². The minimum Gasteiger partial charge on any atom is -0.391 e. The van der Waals surface area contributed by atoms with E-state index in [2.05, 4.69) is 18.4 Å². The van der Waals surface area contributed by atoms with Crippen LogP contribution in [0.15, 0.2) is 0 Å². The van der Waals surface area contributed by atoms with Crippen LogP contribution in [0.1, 0.15) is 26.7 Å². The van der Waals surface area contributed by atoms with Crippen LogP contribution >= 0.6 is 0 Å². The molecule has 0 spiro atoms. The Labute approximate surface area is 183 Å². The number of nitrogens with one attached hydrogen (secondary N) is 1. The van der Waals surface area contributed by atoms with Gasteiger partial charge < -0.3 is 36.8 Å². The summed E-state index contributed by atoms with van der Waals surface area (Å²) in [6.45, 7) is 7.25. The van der Waals surface area contributed by atoms with Gasteiger partial charge in [0.05, 0.1) is 20.3 Å². The van der Waals surface area contributed by atoms with Crippen LogP contribution in [0.5, 0.6) is 0 Å². The molecule has 176 valence electrons. The molecule has 31 heavy (non-hydrogen) atoms. The number of nitrogens with zero attached hydrogens (tertiary/aromatic N) is 2. The maximum atomic E-state index is 13.4. The maximum absolute atomic E-state index is 13.4. The van der Waals surface area contributed by atoms with Crippen molar-refractivity contribution in [3.63, 3.8) is 0 Å². The van der Waals surface area contributed by atoms with Crippen LogP contribution < -0.4 is 16.8 Å². The third-order valence-corrected chi connectivity index (χ3v) is 8.71. The Morgan fingerprint density at radius 3 is 2.19 bits per heavy atom. The van der Waals surface area contributed by atoms with Crippen LogP contribution in [0.2, 0.25) is 19.1 Å². The Hall–Kier alpha value is -2.02. The molecule has 2 aliphatic rings. The number of hydrogen-bond acceptors (Lipinski definition) is 7. The van der Waals surface area contributed by atoms with E-state index in [-0.39, 0.29) is 5.91 Å². The van der Waals surface area contributed by atoms with Gasteiger partial charge in [0.15, 0.2) is 0 Å². The van der Waals surface area contributed by atoms with Crippen molar-refractivity contribution in [2.45, 2.75) is 82.2 Å². The summed E-state index contributed by atoms with van der Waals surface area (Å²) >= 11 is 0. The molecule has 2 aliphatic heterocycles. The molecular weight excluding hydrogens is 422 g/mol. The monoisotopic (exact) mass is 457 g/mol. The molecule has 0 radical (unpaired) electrons. The van der Waals surface area contributed by atoms with E-state index in [1.54, 1.807) is 0 Å². The highest BCUT2D eigenvalue weighted by atomic mass is 28.3. The first-order chi connectivity index (χ1) is 14.3. The predicted molar refractivity (Wildman–Crippen MR) is 115 cm³/mol. The number of amides is 4. The fraction of sp³-hybridized carbons (Fsp3) is 0.789. The van der Waals surface area contributed by atoms with Crippen molar-refractivity contribution >= 4 is 31.7 Å². The maximum Gasteiger partial charge on any atom is 0.245 e. The van der Waals surface area contributed by atoms with Gasteiger partial charge in [-0.1, -0.05) is 13.1 Å². The molecule has 0 aliphatic carbocycles. The third kappa shape index (κ3) is 5.62. The quantitative estimate of drug-likeness (QED) is 0.262. The van der Waals surface area contributed by atoms with Gasteiger partial charge in [0, 0.05) is 12.7 Å². The SMILES string of the molecule is C[C@H](O)[C@@H](NC(=O)[C@H]1CCCN1C(=O)[C@H]1C[Si](C)(C)CN1C(=O)[C@@H](N)[C@@H](C)O)C(N)=O. The van der Waals surface area contributed by atoms with Gasteiger partial charge in [-0.2, -0.15) is 0 Å². The summed E-state index contributed by atoms with van der Waals surface area (Å²) in [7, 11) is -1.90. The van der Waals surface area contributed by atoms with E-state index in [0.717, 1.165) is 0 Å². The predicted octanol–water partition coefficient (Wildman–Crippen LogP) is -2.51. The van der Waals surface area contributed by atoms with Gasteiger partial charge in [-0.25, -0.2) is 0 Å². The highest BCUT2D eigenvalue weighted by molar-refractivity contribution is 6.79. The van der Waals surface area contributed by atoms with E-state index in [0.29, 0.717) is 31.6 Å². The first-order valence-electron chi connectivity index (χ1n) is 10.6. The zero-order valence-electron chi connectivity index (χ0n) is 18.6. The number of aliphatic hydroxyl groups is 2.